The standard InChI is InChI=1S/C21H29F3N2O2/c1-19(2,3)14-10-13-7-9-26(18(27)20(4,28)21(22,23)24)12-16(13)15(11-14)17-6-5-8-25-17/h10-11,17,25,28H,5-9,12H2,1-4H3/t17-,20-/m0/s1. The lowest BCUT2D eigenvalue weighted by Crippen LogP contribution is -2.56. The summed E-state index contributed by atoms with van der Waals surface area (Å²) in [5.41, 5.74) is 0.856. The number of nitrogens with one attached hydrogen (secondary N) is 1. The van der Waals surface area contributed by atoms with Gasteiger partial charge < -0.3 is 15.3 Å². The summed E-state index contributed by atoms with van der Waals surface area (Å²) in [5, 5.41) is 13.3. The minimum absolute atomic E-state index is 0.0463. The van der Waals surface area contributed by atoms with Crippen molar-refractivity contribution >= 4 is 5.91 Å². The zero-order valence-electron chi connectivity index (χ0n) is 16.9. The maximum atomic E-state index is 13.1. The molecule has 2 aliphatic heterocycles. The van der Waals surface area contributed by atoms with Gasteiger partial charge in [-0.15, -0.1) is 0 Å². The molecule has 0 aromatic heterocycles. The zero-order valence-corrected chi connectivity index (χ0v) is 16.9. The third-order valence-corrected chi connectivity index (χ3v) is 5.93. The van der Waals surface area contributed by atoms with Crippen LogP contribution in [0, 0.1) is 0 Å². The highest BCUT2D eigenvalue weighted by Gasteiger charge is 2.57. The van der Waals surface area contributed by atoms with Crippen LogP contribution in [0.1, 0.15) is 68.8 Å². The first kappa shape index (κ1) is 21.1. The molecule has 28 heavy (non-hydrogen) atoms. The molecule has 156 valence electrons. The molecule has 0 bridgehead atoms. The highest BCUT2D eigenvalue weighted by molar-refractivity contribution is 5.85. The quantitative estimate of drug-likeness (QED) is 0.800. The monoisotopic (exact) mass is 398 g/mol. The highest BCUT2D eigenvalue weighted by Crippen LogP contribution is 2.38. The molecule has 2 aliphatic rings. The first-order valence-electron chi connectivity index (χ1n) is 9.80. The summed E-state index contributed by atoms with van der Waals surface area (Å²) in [4.78, 5) is 13.6. The summed E-state index contributed by atoms with van der Waals surface area (Å²) in [7, 11) is 0. The largest absolute Gasteiger partial charge is 0.426 e. The smallest absolute Gasteiger partial charge is 0.373 e. The van der Waals surface area contributed by atoms with E-state index in [1.54, 1.807) is 0 Å². The number of rotatable bonds is 2. The molecule has 3 rings (SSSR count). The van der Waals surface area contributed by atoms with Crippen molar-refractivity contribution in [2.45, 2.75) is 76.7 Å². The maximum Gasteiger partial charge on any atom is 0.426 e. The van der Waals surface area contributed by atoms with Crippen molar-refractivity contribution in [2.75, 3.05) is 13.1 Å². The van der Waals surface area contributed by atoms with Crippen LogP contribution < -0.4 is 5.32 Å². The van der Waals surface area contributed by atoms with E-state index in [1.165, 1.54) is 5.56 Å². The number of hydrogen-bond donors (Lipinski definition) is 2. The van der Waals surface area contributed by atoms with E-state index in [-0.39, 0.29) is 24.5 Å². The van der Waals surface area contributed by atoms with Crippen LogP contribution in [0.5, 0.6) is 0 Å². The third kappa shape index (κ3) is 3.79. The van der Waals surface area contributed by atoms with Crippen molar-refractivity contribution < 1.29 is 23.1 Å². The Morgan fingerprint density at radius 3 is 2.43 bits per heavy atom. The lowest BCUT2D eigenvalue weighted by molar-refractivity contribution is -0.250. The normalized spacial score (nSPS) is 22.7. The van der Waals surface area contributed by atoms with Crippen molar-refractivity contribution in [1.29, 1.82) is 0 Å². The number of carbonyl (C=O) groups is 1. The van der Waals surface area contributed by atoms with Crippen LogP contribution in [-0.4, -0.2) is 40.8 Å². The van der Waals surface area contributed by atoms with Gasteiger partial charge in [0.15, 0.2) is 0 Å². The van der Waals surface area contributed by atoms with E-state index >= 15 is 0 Å². The Hall–Kier alpha value is -1.60. The average molecular weight is 398 g/mol. The molecule has 0 spiro atoms. The molecular weight excluding hydrogens is 369 g/mol. The molecule has 2 atom stereocenters. The van der Waals surface area contributed by atoms with Crippen LogP contribution in [-0.2, 0) is 23.2 Å². The van der Waals surface area contributed by atoms with Gasteiger partial charge in [0.2, 0.25) is 5.60 Å². The SMILES string of the molecule is CC(C)(C)c1cc2c(c([C@@H]3CCCN3)c1)CN(C(=O)[C@](C)(O)C(F)(F)F)CC2. The summed E-state index contributed by atoms with van der Waals surface area (Å²) in [6, 6.07) is 4.41. The topological polar surface area (TPSA) is 52.6 Å². The second-order valence-electron chi connectivity index (χ2n) is 9.15. The van der Waals surface area contributed by atoms with E-state index in [0.717, 1.165) is 41.0 Å². The molecule has 4 nitrogen and oxygen atoms in total. The zero-order chi connectivity index (χ0) is 20.9. The van der Waals surface area contributed by atoms with Crippen LogP contribution in [0.4, 0.5) is 13.2 Å². The molecule has 1 saturated heterocycles. The minimum atomic E-state index is -5.00. The van der Waals surface area contributed by atoms with Crippen molar-refractivity contribution in [1.82, 2.24) is 10.2 Å². The van der Waals surface area contributed by atoms with E-state index in [1.807, 2.05) is 0 Å². The van der Waals surface area contributed by atoms with E-state index in [4.69, 9.17) is 0 Å². The van der Waals surface area contributed by atoms with Gasteiger partial charge in [0.05, 0.1) is 0 Å². The van der Waals surface area contributed by atoms with Crippen LogP contribution >= 0.6 is 0 Å². The number of nitrogens with zero attached hydrogens (tertiary/aromatic N) is 1. The van der Waals surface area contributed by atoms with Gasteiger partial charge in [-0.2, -0.15) is 13.2 Å². The van der Waals surface area contributed by atoms with Crippen molar-refractivity contribution in [3.8, 4) is 0 Å². The second-order valence-corrected chi connectivity index (χ2v) is 9.15. The number of fused-ring (bicyclic) bond motifs is 1. The Bertz CT molecular complexity index is 760. The van der Waals surface area contributed by atoms with E-state index < -0.39 is 17.7 Å². The number of benzene rings is 1. The minimum Gasteiger partial charge on any atom is -0.373 e. The van der Waals surface area contributed by atoms with Gasteiger partial charge in [-0.3, -0.25) is 4.79 Å². The number of alkyl halides is 3. The maximum absolute atomic E-state index is 13.1. The predicted octanol–water partition coefficient (Wildman–Crippen LogP) is 3.61. The van der Waals surface area contributed by atoms with Crippen LogP contribution in [0.3, 0.4) is 0 Å². The van der Waals surface area contributed by atoms with Crippen LogP contribution in [0.25, 0.3) is 0 Å². The number of amides is 1. The van der Waals surface area contributed by atoms with Gasteiger partial charge in [0.25, 0.3) is 5.91 Å². The van der Waals surface area contributed by atoms with Gasteiger partial charge in [0, 0.05) is 19.1 Å². The van der Waals surface area contributed by atoms with Crippen molar-refractivity contribution in [3.63, 3.8) is 0 Å². The number of halogens is 3. The van der Waals surface area contributed by atoms with Gasteiger partial charge in [0.1, 0.15) is 0 Å². The van der Waals surface area contributed by atoms with Gasteiger partial charge in [-0.25, -0.2) is 0 Å². The predicted molar refractivity (Wildman–Crippen MR) is 101 cm³/mol. The fourth-order valence-electron chi connectivity index (χ4n) is 3.99. The van der Waals surface area contributed by atoms with E-state index in [9.17, 15) is 23.1 Å². The molecule has 0 radical (unpaired) electrons. The van der Waals surface area contributed by atoms with Gasteiger partial charge >= 0.3 is 6.18 Å². The molecule has 1 aromatic rings. The number of carbonyl (C=O) groups excluding carboxylic acids is 1. The molecule has 1 amide bonds. The van der Waals surface area contributed by atoms with Crippen molar-refractivity contribution in [3.05, 3.63) is 34.4 Å². The molecular formula is C21H29F3N2O2. The molecule has 7 heteroatoms. The Labute approximate surface area is 164 Å². The van der Waals surface area contributed by atoms with Crippen molar-refractivity contribution in [2.24, 2.45) is 0 Å². The Morgan fingerprint density at radius 2 is 1.89 bits per heavy atom. The summed E-state index contributed by atoms with van der Waals surface area (Å²) >= 11 is 0. The molecule has 0 saturated carbocycles. The first-order valence-corrected chi connectivity index (χ1v) is 9.80. The lowest BCUT2D eigenvalue weighted by Gasteiger charge is -2.37. The summed E-state index contributed by atoms with van der Waals surface area (Å²) in [5.74, 6) is -1.28. The first-order chi connectivity index (χ1) is 12.8. The number of aliphatic hydroxyl groups is 1. The van der Waals surface area contributed by atoms with E-state index in [2.05, 4.69) is 38.2 Å². The fraction of sp³-hybridized carbons (Fsp3) is 0.667. The van der Waals surface area contributed by atoms with Crippen LogP contribution in [0.2, 0.25) is 0 Å². The van der Waals surface area contributed by atoms with Gasteiger partial charge in [-0.05, 0) is 60.4 Å². The highest BCUT2D eigenvalue weighted by atomic mass is 19.4. The van der Waals surface area contributed by atoms with Gasteiger partial charge in [-0.1, -0.05) is 32.9 Å². The summed E-state index contributed by atoms with van der Waals surface area (Å²) in [6.45, 7) is 8.12. The lowest BCUT2D eigenvalue weighted by atomic mass is 9.80. The molecule has 2 N–H and O–H groups in total. The average Bonchev–Trinajstić information content (AvgIpc) is 3.12. The van der Waals surface area contributed by atoms with Crippen LogP contribution in [0.15, 0.2) is 12.1 Å². The fourth-order valence-corrected chi connectivity index (χ4v) is 3.99. The molecule has 2 heterocycles. The summed E-state index contributed by atoms with van der Waals surface area (Å²) < 4.78 is 39.4. The number of hydrogen-bond acceptors (Lipinski definition) is 3. The molecule has 1 aromatic carbocycles. The third-order valence-electron chi connectivity index (χ3n) is 5.93. The summed E-state index contributed by atoms with van der Waals surface area (Å²) in [6.07, 6.45) is -2.51. The molecule has 0 unspecified atom stereocenters. The molecule has 0 aliphatic carbocycles. The Morgan fingerprint density at radius 1 is 1.21 bits per heavy atom. The van der Waals surface area contributed by atoms with E-state index in [0.29, 0.717) is 13.3 Å². The molecule has 1 fully saturated rings. The Kier molecular flexibility index (Phi) is 5.30. The Balaban J connectivity index is 1.99. The second kappa shape index (κ2) is 7.02.